The first-order valence-corrected chi connectivity index (χ1v) is 11.5. The Labute approximate surface area is 185 Å². The molecule has 5 nitrogen and oxygen atoms in total. The van der Waals surface area contributed by atoms with Gasteiger partial charge in [0.15, 0.2) is 0 Å². The van der Waals surface area contributed by atoms with Gasteiger partial charge in [-0.15, -0.1) is 0 Å². The van der Waals surface area contributed by atoms with Crippen LogP contribution < -0.4 is 0 Å². The summed E-state index contributed by atoms with van der Waals surface area (Å²) < 4.78 is 2.86. The number of nitrogens with zero attached hydrogens (tertiary/aromatic N) is 5. The Kier molecular flexibility index (Phi) is 6.23. The van der Waals surface area contributed by atoms with Crippen LogP contribution in [0.1, 0.15) is 62.0 Å². The third kappa shape index (κ3) is 4.21. The van der Waals surface area contributed by atoms with Crippen LogP contribution in [0.15, 0.2) is 35.1 Å². The Morgan fingerprint density at radius 1 is 1.31 bits per heavy atom. The fourth-order valence-electron chi connectivity index (χ4n) is 4.57. The zero-order chi connectivity index (χ0) is 20.5. The van der Waals surface area contributed by atoms with Crippen LogP contribution in [0.2, 0.25) is 5.02 Å². The summed E-state index contributed by atoms with van der Waals surface area (Å²) in [5.74, 6) is 1.64. The molecule has 1 aromatic carbocycles. The normalized spacial score (nSPS) is 20.1. The number of rotatable bonds is 5. The van der Waals surface area contributed by atoms with Crippen LogP contribution in [0.5, 0.6) is 0 Å². The molecule has 0 spiro atoms. The molecule has 0 aliphatic carbocycles. The van der Waals surface area contributed by atoms with Crippen molar-refractivity contribution in [1.82, 2.24) is 24.5 Å². The van der Waals surface area contributed by atoms with Gasteiger partial charge < -0.3 is 0 Å². The maximum absolute atomic E-state index is 6.45. The summed E-state index contributed by atoms with van der Waals surface area (Å²) in [5, 5.41) is 5.21. The first-order chi connectivity index (χ1) is 14.0. The third-order valence-corrected chi connectivity index (χ3v) is 7.37. The molecule has 0 amide bonds. The van der Waals surface area contributed by atoms with Gasteiger partial charge in [-0.25, -0.2) is 9.50 Å². The predicted octanol–water partition coefficient (Wildman–Crippen LogP) is 5.82. The SMILES string of the molecule is CCC(C)C(c1ccc(Br)c(Cl)c1)N1CCCC(c2cc(C)nc3ncnn23)C1. The fraction of sp³-hybridized carbons (Fsp3) is 0.500. The molecule has 0 radical (unpaired) electrons. The van der Waals surface area contributed by atoms with Crippen molar-refractivity contribution in [2.75, 3.05) is 13.1 Å². The maximum Gasteiger partial charge on any atom is 0.252 e. The quantitative estimate of drug-likeness (QED) is 0.466. The molecule has 3 atom stereocenters. The lowest BCUT2D eigenvalue weighted by Crippen LogP contribution is -2.40. The van der Waals surface area contributed by atoms with Gasteiger partial charge in [-0.05, 0) is 71.9 Å². The topological polar surface area (TPSA) is 46.3 Å². The second-order valence-electron chi connectivity index (χ2n) is 8.13. The fourth-order valence-corrected chi connectivity index (χ4v) is 5.00. The summed E-state index contributed by atoms with van der Waals surface area (Å²) in [6.07, 6.45) is 5.04. The average molecular weight is 477 g/mol. The van der Waals surface area contributed by atoms with Crippen molar-refractivity contribution >= 4 is 33.3 Å². The zero-order valence-corrected chi connectivity index (χ0v) is 19.5. The monoisotopic (exact) mass is 475 g/mol. The van der Waals surface area contributed by atoms with Crippen LogP contribution in [0.4, 0.5) is 0 Å². The summed E-state index contributed by atoms with van der Waals surface area (Å²) in [5.41, 5.74) is 3.51. The highest BCUT2D eigenvalue weighted by molar-refractivity contribution is 9.10. The van der Waals surface area contributed by atoms with Crippen molar-refractivity contribution in [1.29, 1.82) is 0 Å². The van der Waals surface area contributed by atoms with Crippen LogP contribution >= 0.6 is 27.5 Å². The molecule has 3 unspecified atom stereocenters. The second kappa shape index (κ2) is 8.70. The Morgan fingerprint density at radius 3 is 2.90 bits per heavy atom. The number of piperidine rings is 1. The summed E-state index contributed by atoms with van der Waals surface area (Å²) in [7, 11) is 0. The van der Waals surface area contributed by atoms with Crippen molar-refractivity contribution in [2.24, 2.45) is 5.92 Å². The first kappa shape index (κ1) is 20.8. The standard InChI is InChI=1S/C22H27BrClN5/c1-4-14(2)21(16-7-8-18(23)19(24)11-16)28-9-5-6-17(12-28)20-10-15(3)27-22-25-13-26-29(20)22/h7-8,10-11,13-14,17,21H,4-6,9,12H2,1-3H3. The number of halogens is 2. The van der Waals surface area contributed by atoms with Gasteiger partial charge in [-0.1, -0.05) is 37.9 Å². The molecular formula is C22H27BrClN5. The molecule has 1 fully saturated rings. The smallest absolute Gasteiger partial charge is 0.252 e. The van der Waals surface area contributed by atoms with E-state index in [1.165, 1.54) is 17.7 Å². The maximum atomic E-state index is 6.45. The Balaban J connectivity index is 1.67. The average Bonchev–Trinajstić information content (AvgIpc) is 3.18. The number of aryl methyl sites for hydroxylation is 1. The lowest BCUT2D eigenvalue weighted by molar-refractivity contribution is 0.107. The summed E-state index contributed by atoms with van der Waals surface area (Å²) in [6.45, 7) is 8.75. The molecule has 0 saturated carbocycles. The minimum Gasteiger partial charge on any atom is -0.295 e. The number of aromatic nitrogens is 4. The van der Waals surface area contributed by atoms with E-state index in [2.05, 4.69) is 74.0 Å². The first-order valence-electron chi connectivity index (χ1n) is 10.3. The van der Waals surface area contributed by atoms with Gasteiger partial charge >= 0.3 is 0 Å². The molecule has 29 heavy (non-hydrogen) atoms. The number of hydrogen-bond donors (Lipinski definition) is 0. The Bertz CT molecular complexity index is 1000. The number of fused-ring (bicyclic) bond motifs is 1. The van der Waals surface area contributed by atoms with Crippen molar-refractivity contribution in [3.63, 3.8) is 0 Å². The van der Waals surface area contributed by atoms with Crippen LogP contribution in [0.25, 0.3) is 5.78 Å². The van der Waals surface area contributed by atoms with Gasteiger partial charge in [-0.2, -0.15) is 10.1 Å². The minimum atomic E-state index is 0.350. The van der Waals surface area contributed by atoms with Gasteiger partial charge in [0.25, 0.3) is 5.78 Å². The van der Waals surface area contributed by atoms with Crippen LogP contribution in [0.3, 0.4) is 0 Å². The summed E-state index contributed by atoms with van der Waals surface area (Å²) >= 11 is 9.98. The Morgan fingerprint density at radius 2 is 2.14 bits per heavy atom. The van der Waals surface area contributed by atoms with Crippen LogP contribution in [-0.2, 0) is 0 Å². The van der Waals surface area contributed by atoms with Gasteiger partial charge in [0.1, 0.15) is 6.33 Å². The molecule has 4 rings (SSSR count). The van der Waals surface area contributed by atoms with E-state index in [4.69, 9.17) is 11.6 Å². The highest BCUT2D eigenvalue weighted by Gasteiger charge is 2.32. The molecule has 1 aliphatic heterocycles. The molecule has 0 N–H and O–H groups in total. The molecule has 154 valence electrons. The van der Waals surface area contributed by atoms with Crippen molar-refractivity contribution in [3.8, 4) is 0 Å². The van der Waals surface area contributed by atoms with E-state index in [0.29, 0.717) is 23.7 Å². The van der Waals surface area contributed by atoms with E-state index >= 15 is 0 Å². The van der Waals surface area contributed by atoms with E-state index < -0.39 is 0 Å². The van der Waals surface area contributed by atoms with Gasteiger partial charge in [0.05, 0.1) is 10.7 Å². The zero-order valence-electron chi connectivity index (χ0n) is 17.1. The molecular weight excluding hydrogens is 450 g/mol. The highest BCUT2D eigenvalue weighted by Crippen LogP contribution is 2.38. The number of benzene rings is 1. The van der Waals surface area contributed by atoms with E-state index in [-0.39, 0.29) is 0 Å². The molecule has 7 heteroatoms. The number of likely N-dealkylation sites (tertiary alicyclic amines) is 1. The van der Waals surface area contributed by atoms with Gasteiger partial charge in [-0.3, -0.25) is 4.90 Å². The molecule has 3 heterocycles. The predicted molar refractivity (Wildman–Crippen MR) is 120 cm³/mol. The minimum absolute atomic E-state index is 0.350. The van der Waals surface area contributed by atoms with E-state index in [1.807, 2.05) is 11.4 Å². The largest absolute Gasteiger partial charge is 0.295 e. The van der Waals surface area contributed by atoms with Crippen LogP contribution in [-0.4, -0.2) is 37.6 Å². The van der Waals surface area contributed by atoms with Gasteiger partial charge in [0, 0.05) is 28.7 Å². The number of hydrogen-bond acceptors (Lipinski definition) is 4. The van der Waals surface area contributed by atoms with E-state index in [0.717, 1.165) is 41.1 Å². The molecule has 1 aliphatic rings. The van der Waals surface area contributed by atoms with Crippen molar-refractivity contribution in [2.45, 2.75) is 52.0 Å². The molecule has 3 aromatic rings. The van der Waals surface area contributed by atoms with Crippen LogP contribution in [0, 0.1) is 12.8 Å². The second-order valence-corrected chi connectivity index (χ2v) is 9.39. The molecule has 2 aromatic heterocycles. The summed E-state index contributed by atoms with van der Waals surface area (Å²) in [6, 6.07) is 8.92. The van der Waals surface area contributed by atoms with Crippen molar-refractivity contribution < 1.29 is 0 Å². The van der Waals surface area contributed by atoms with E-state index in [9.17, 15) is 0 Å². The molecule has 0 bridgehead atoms. The third-order valence-electron chi connectivity index (χ3n) is 6.14. The summed E-state index contributed by atoms with van der Waals surface area (Å²) in [4.78, 5) is 11.5. The highest BCUT2D eigenvalue weighted by atomic mass is 79.9. The van der Waals surface area contributed by atoms with E-state index in [1.54, 1.807) is 6.33 Å². The Hall–Kier alpha value is -1.50. The van der Waals surface area contributed by atoms with Crippen molar-refractivity contribution in [3.05, 3.63) is 57.0 Å². The lowest BCUT2D eigenvalue weighted by atomic mass is 9.86. The van der Waals surface area contributed by atoms with Gasteiger partial charge in [0.2, 0.25) is 0 Å². The molecule has 1 saturated heterocycles. The lowest BCUT2D eigenvalue weighted by Gasteiger charge is -2.41.